The quantitative estimate of drug-likeness (QED) is 0.591. The molecule has 1 aliphatic rings. The maximum absolute atomic E-state index is 9.08. The summed E-state index contributed by atoms with van der Waals surface area (Å²) in [4.78, 5) is 0. The lowest BCUT2D eigenvalue weighted by Gasteiger charge is -2.10. The molecule has 0 aromatic rings. The van der Waals surface area contributed by atoms with E-state index in [0.29, 0.717) is 0 Å². The fraction of sp³-hybridized carbons (Fsp3) is 1.00. The van der Waals surface area contributed by atoms with Gasteiger partial charge in [-0.1, -0.05) is 20.8 Å². The summed E-state index contributed by atoms with van der Waals surface area (Å²) >= 11 is 0. The Morgan fingerprint density at radius 2 is 1.91 bits per heavy atom. The van der Waals surface area contributed by atoms with Gasteiger partial charge in [0.05, 0.1) is 12.7 Å². The fourth-order valence-electron chi connectivity index (χ4n) is 1.03. The monoisotopic (exact) mass is 162 g/mol. The predicted molar refractivity (Wildman–Crippen MR) is 43.4 cm³/mol. The smallest absolute Gasteiger partial charge is 0.108 e. The summed E-state index contributed by atoms with van der Waals surface area (Å²) in [6.07, 6.45) is -0.733. The third-order valence-corrected chi connectivity index (χ3v) is 1.66. The Bertz CT molecular complexity index is 95.3. The highest BCUT2D eigenvalue weighted by atomic mass is 16.5. The summed E-state index contributed by atoms with van der Waals surface area (Å²) in [5.74, 6) is 0. The van der Waals surface area contributed by atoms with Crippen LogP contribution in [0, 0.1) is 0 Å². The Hall–Kier alpha value is -0.120. The Morgan fingerprint density at radius 1 is 1.36 bits per heavy atom. The van der Waals surface area contributed by atoms with E-state index in [1.165, 1.54) is 0 Å². The second-order valence-electron chi connectivity index (χ2n) is 2.34. The van der Waals surface area contributed by atoms with Gasteiger partial charge in [-0.25, -0.2) is 0 Å². The lowest BCUT2D eigenvalue weighted by atomic mass is 10.1. The van der Waals surface area contributed by atoms with Crippen molar-refractivity contribution in [3.8, 4) is 0 Å². The van der Waals surface area contributed by atoms with Crippen molar-refractivity contribution in [1.82, 2.24) is 0 Å². The summed E-state index contributed by atoms with van der Waals surface area (Å²) in [7, 11) is 0. The van der Waals surface area contributed by atoms with E-state index in [9.17, 15) is 0 Å². The predicted octanol–water partition coefficient (Wildman–Crippen LogP) is 0.543. The number of rotatable bonds is 1. The van der Waals surface area contributed by atoms with Crippen LogP contribution in [0.25, 0.3) is 0 Å². The van der Waals surface area contributed by atoms with Gasteiger partial charge < -0.3 is 14.9 Å². The van der Waals surface area contributed by atoms with Crippen molar-refractivity contribution in [2.45, 2.75) is 45.5 Å². The van der Waals surface area contributed by atoms with Gasteiger partial charge in [0, 0.05) is 0 Å². The first kappa shape index (κ1) is 10.9. The molecule has 68 valence electrons. The molecule has 1 rings (SSSR count). The van der Waals surface area contributed by atoms with E-state index < -0.39 is 12.2 Å². The average Bonchev–Trinajstić information content (AvgIpc) is 2.37. The van der Waals surface area contributed by atoms with Gasteiger partial charge in [0.2, 0.25) is 0 Å². The van der Waals surface area contributed by atoms with Crippen LogP contribution in [-0.2, 0) is 4.74 Å². The van der Waals surface area contributed by atoms with Crippen LogP contribution >= 0.6 is 0 Å². The summed E-state index contributed by atoms with van der Waals surface area (Å²) in [6.45, 7) is 6.20. The molecule has 11 heavy (non-hydrogen) atoms. The first-order valence-corrected chi connectivity index (χ1v) is 4.23. The van der Waals surface area contributed by atoms with Gasteiger partial charge in [0.1, 0.15) is 12.2 Å². The average molecular weight is 162 g/mol. The number of ether oxygens (including phenoxy) is 1. The van der Waals surface area contributed by atoms with E-state index in [2.05, 4.69) is 0 Å². The van der Waals surface area contributed by atoms with Gasteiger partial charge in [-0.2, -0.15) is 0 Å². The molecule has 0 saturated carbocycles. The largest absolute Gasteiger partial charge is 0.388 e. The normalized spacial score (nSPS) is 36.3. The van der Waals surface area contributed by atoms with Gasteiger partial charge in [-0.05, 0) is 6.42 Å². The van der Waals surface area contributed by atoms with Crippen molar-refractivity contribution in [2.75, 3.05) is 6.61 Å². The van der Waals surface area contributed by atoms with Crippen LogP contribution in [0.15, 0.2) is 0 Å². The van der Waals surface area contributed by atoms with Crippen molar-refractivity contribution >= 4 is 0 Å². The van der Waals surface area contributed by atoms with Crippen LogP contribution in [0.2, 0.25) is 0 Å². The zero-order valence-corrected chi connectivity index (χ0v) is 7.45. The molecule has 0 aromatic heterocycles. The van der Waals surface area contributed by atoms with E-state index in [1.807, 2.05) is 20.8 Å². The lowest BCUT2D eigenvalue weighted by Crippen LogP contribution is -2.29. The van der Waals surface area contributed by atoms with Crippen LogP contribution in [0.3, 0.4) is 0 Å². The Labute approximate surface area is 68.0 Å². The van der Waals surface area contributed by atoms with E-state index in [1.54, 1.807) is 0 Å². The van der Waals surface area contributed by atoms with Crippen LogP contribution in [0.5, 0.6) is 0 Å². The second kappa shape index (κ2) is 5.52. The molecule has 1 heterocycles. The topological polar surface area (TPSA) is 49.7 Å². The number of aliphatic hydroxyl groups excluding tert-OH is 2. The van der Waals surface area contributed by atoms with Crippen molar-refractivity contribution < 1.29 is 14.9 Å². The highest BCUT2D eigenvalue weighted by Crippen LogP contribution is 2.16. The van der Waals surface area contributed by atoms with Crippen molar-refractivity contribution in [1.29, 1.82) is 0 Å². The first-order valence-electron chi connectivity index (χ1n) is 4.23. The van der Waals surface area contributed by atoms with E-state index >= 15 is 0 Å². The molecular weight excluding hydrogens is 144 g/mol. The fourth-order valence-corrected chi connectivity index (χ4v) is 1.03. The Balaban J connectivity index is 0.000000461. The SMILES string of the molecule is CC.CCC1OCC(O)C1O. The van der Waals surface area contributed by atoms with Gasteiger partial charge in [0.25, 0.3) is 0 Å². The molecule has 3 heteroatoms. The highest BCUT2D eigenvalue weighted by Gasteiger charge is 2.32. The minimum atomic E-state index is -0.671. The molecule has 0 bridgehead atoms. The van der Waals surface area contributed by atoms with Gasteiger partial charge >= 0.3 is 0 Å². The summed E-state index contributed by atoms with van der Waals surface area (Å²) in [5, 5.41) is 18.0. The first-order chi connectivity index (χ1) is 5.25. The van der Waals surface area contributed by atoms with Crippen molar-refractivity contribution in [3.05, 3.63) is 0 Å². The van der Waals surface area contributed by atoms with Crippen molar-refractivity contribution in [3.63, 3.8) is 0 Å². The molecule has 1 aliphatic heterocycles. The number of aliphatic hydroxyl groups is 2. The summed E-state index contributed by atoms with van der Waals surface area (Å²) in [5.41, 5.74) is 0. The number of hydrogen-bond acceptors (Lipinski definition) is 3. The highest BCUT2D eigenvalue weighted by molar-refractivity contribution is 4.81. The van der Waals surface area contributed by atoms with Gasteiger partial charge in [-0.3, -0.25) is 0 Å². The van der Waals surface area contributed by atoms with Gasteiger partial charge in [0.15, 0.2) is 0 Å². The van der Waals surface area contributed by atoms with Crippen molar-refractivity contribution in [2.24, 2.45) is 0 Å². The van der Waals surface area contributed by atoms with E-state index in [4.69, 9.17) is 14.9 Å². The molecule has 1 fully saturated rings. The molecule has 3 unspecified atom stereocenters. The molecule has 0 amide bonds. The van der Waals surface area contributed by atoms with E-state index in [0.717, 1.165) is 6.42 Å². The van der Waals surface area contributed by atoms with Crippen LogP contribution in [0.4, 0.5) is 0 Å². The molecule has 0 radical (unpaired) electrons. The molecule has 0 aromatic carbocycles. The molecule has 0 spiro atoms. The van der Waals surface area contributed by atoms with E-state index in [-0.39, 0.29) is 12.7 Å². The zero-order valence-electron chi connectivity index (χ0n) is 7.45. The lowest BCUT2D eigenvalue weighted by molar-refractivity contribution is 0.0218. The molecule has 2 N–H and O–H groups in total. The summed E-state index contributed by atoms with van der Waals surface area (Å²) < 4.78 is 5.03. The van der Waals surface area contributed by atoms with Crippen LogP contribution in [-0.4, -0.2) is 35.1 Å². The third-order valence-electron chi connectivity index (χ3n) is 1.66. The minimum Gasteiger partial charge on any atom is -0.388 e. The minimum absolute atomic E-state index is 0.153. The molecule has 1 saturated heterocycles. The van der Waals surface area contributed by atoms with Crippen LogP contribution in [0.1, 0.15) is 27.2 Å². The van der Waals surface area contributed by atoms with Crippen LogP contribution < -0.4 is 0 Å². The van der Waals surface area contributed by atoms with Gasteiger partial charge in [-0.15, -0.1) is 0 Å². The molecule has 0 aliphatic carbocycles. The third kappa shape index (κ3) is 2.77. The Morgan fingerprint density at radius 3 is 2.09 bits per heavy atom. The maximum Gasteiger partial charge on any atom is 0.108 e. The zero-order chi connectivity index (χ0) is 8.85. The summed E-state index contributed by atoms with van der Waals surface area (Å²) in [6, 6.07) is 0. The number of hydrogen-bond donors (Lipinski definition) is 2. The standard InChI is InChI=1S/C6H12O3.C2H6/c1-2-5-6(8)4(7)3-9-5;1-2/h4-8H,2-3H2,1H3;1-2H3. The molecular formula is C8H18O3. The maximum atomic E-state index is 9.08. The second-order valence-corrected chi connectivity index (χ2v) is 2.34. The Kier molecular flexibility index (Phi) is 5.46. The molecule has 3 nitrogen and oxygen atoms in total. The molecule has 3 atom stereocenters.